The zero-order valence-electron chi connectivity index (χ0n) is 7.53. The van der Waals surface area contributed by atoms with Gasteiger partial charge < -0.3 is 0 Å². The summed E-state index contributed by atoms with van der Waals surface area (Å²) in [6.45, 7) is 0. The SMILES string of the molecule is [2H]c1sncc1Cc1ccccc1. The molecule has 0 saturated heterocycles. The Morgan fingerprint density at radius 3 is 2.75 bits per heavy atom. The summed E-state index contributed by atoms with van der Waals surface area (Å²) >= 11 is 1.24. The lowest BCUT2D eigenvalue weighted by Gasteiger charge is -1.95. The fourth-order valence-electron chi connectivity index (χ4n) is 1.10. The number of rotatable bonds is 2. The largest absolute Gasteiger partial charge is 0.201 e. The normalized spacial score (nSPS) is 11.2. The van der Waals surface area contributed by atoms with E-state index >= 15 is 0 Å². The van der Waals surface area contributed by atoms with Crippen LogP contribution in [0, 0.1) is 0 Å². The minimum absolute atomic E-state index is 0.573. The Balaban J connectivity index is 2.20. The first-order chi connectivity index (χ1) is 6.36. The number of hydrogen-bond acceptors (Lipinski definition) is 2. The molecule has 0 radical (unpaired) electrons. The molecule has 0 fully saturated rings. The third-order valence-electron chi connectivity index (χ3n) is 1.68. The van der Waals surface area contributed by atoms with E-state index in [1.54, 1.807) is 6.20 Å². The molecule has 1 heterocycles. The molecule has 60 valence electrons. The molecule has 0 saturated carbocycles. The monoisotopic (exact) mass is 176 g/mol. The Morgan fingerprint density at radius 2 is 2.08 bits per heavy atom. The zero-order chi connectivity index (χ0) is 9.10. The predicted octanol–water partition coefficient (Wildman–Crippen LogP) is 2.73. The van der Waals surface area contributed by atoms with Crippen molar-refractivity contribution in [1.82, 2.24) is 4.37 Å². The summed E-state index contributed by atoms with van der Waals surface area (Å²) in [5.74, 6) is 0. The molecule has 2 heteroatoms. The van der Waals surface area contributed by atoms with E-state index in [2.05, 4.69) is 16.5 Å². The van der Waals surface area contributed by atoms with Crippen molar-refractivity contribution >= 4 is 11.5 Å². The van der Waals surface area contributed by atoms with Crippen LogP contribution in [0.4, 0.5) is 0 Å². The maximum absolute atomic E-state index is 7.56. The molecule has 1 aromatic heterocycles. The highest BCUT2D eigenvalue weighted by molar-refractivity contribution is 7.03. The first-order valence-electron chi connectivity index (χ1n) is 4.30. The molecule has 0 aliphatic rings. The van der Waals surface area contributed by atoms with Crippen molar-refractivity contribution in [2.75, 3.05) is 0 Å². The van der Waals surface area contributed by atoms with Gasteiger partial charge in [0.2, 0.25) is 0 Å². The van der Waals surface area contributed by atoms with Crippen molar-refractivity contribution < 1.29 is 1.37 Å². The highest BCUT2D eigenvalue weighted by atomic mass is 32.1. The molecular weight excluding hydrogens is 166 g/mol. The summed E-state index contributed by atoms with van der Waals surface area (Å²) in [4.78, 5) is 0. The number of hydrogen-bond donors (Lipinski definition) is 0. The van der Waals surface area contributed by atoms with Crippen LogP contribution in [0.15, 0.2) is 41.9 Å². The van der Waals surface area contributed by atoms with E-state index in [4.69, 9.17) is 1.37 Å². The van der Waals surface area contributed by atoms with E-state index in [9.17, 15) is 0 Å². The van der Waals surface area contributed by atoms with Gasteiger partial charge in [0.1, 0.15) is 0 Å². The summed E-state index contributed by atoms with van der Waals surface area (Å²) in [6.07, 6.45) is 2.59. The first-order valence-corrected chi connectivity index (χ1v) is 4.57. The van der Waals surface area contributed by atoms with Gasteiger partial charge in [0, 0.05) is 11.6 Å². The van der Waals surface area contributed by atoms with Crippen LogP contribution in [-0.4, -0.2) is 4.37 Å². The van der Waals surface area contributed by atoms with Gasteiger partial charge in [-0.05, 0) is 29.1 Å². The summed E-state index contributed by atoms with van der Waals surface area (Å²) in [7, 11) is 0. The second-order valence-electron chi connectivity index (χ2n) is 2.62. The second kappa shape index (κ2) is 3.50. The summed E-state index contributed by atoms with van der Waals surface area (Å²) in [5, 5.41) is 0.573. The van der Waals surface area contributed by atoms with E-state index in [0.29, 0.717) is 5.36 Å². The molecule has 0 N–H and O–H groups in total. The molecule has 12 heavy (non-hydrogen) atoms. The van der Waals surface area contributed by atoms with Crippen molar-refractivity contribution in [2.24, 2.45) is 0 Å². The lowest BCUT2D eigenvalue weighted by Crippen LogP contribution is -1.83. The van der Waals surface area contributed by atoms with Crippen molar-refractivity contribution in [3.63, 3.8) is 0 Å². The Hall–Kier alpha value is -1.15. The third-order valence-corrected chi connectivity index (χ3v) is 2.24. The van der Waals surface area contributed by atoms with Gasteiger partial charge in [-0.15, -0.1) is 0 Å². The van der Waals surface area contributed by atoms with Crippen LogP contribution < -0.4 is 0 Å². The minimum atomic E-state index is 0.573. The smallest absolute Gasteiger partial charge is 0.0759 e. The third kappa shape index (κ3) is 1.71. The van der Waals surface area contributed by atoms with Crippen LogP contribution in [-0.2, 0) is 6.42 Å². The van der Waals surface area contributed by atoms with Crippen molar-refractivity contribution in [3.05, 3.63) is 53.0 Å². The second-order valence-corrected chi connectivity index (χ2v) is 3.21. The Morgan fingerprint density at radius 1 is 1.25 bits per heavy atom. The van der Waals surface area contributed by atoms with Gasteiger partial charge in [-0.3, -0.25) is 0 Å². The molecule has 0 aliphatic heterocycles. The maximum Gasteiger partial charge on any atom is 0.0759 e. The molecule has 0 unspecified atom stereocenters. The Bertz CT molecular complexity index is 383. The van der Waals surface area contributed by atoms with Gasteiger partial charge >= 0.3 is 0 Å². The summed E-state index contributed by atoms with van der Waals surface area (Å²) < 4.78 is 11.5. The van der Waals surface area contributed by atoms with Gasteiger partial charge in [-0.25, -0.2) is 4.37 Å². The Labute approximate surface area is 77.3 Å². The van der Waals surface area contributed by atoms with Crippen LogP contribution in [0.25, 0.3) is 0 Å². The van der Waals surface area contributed by atoms with Crippen LogP contribution in [0.3, 0.4) is 0 Å². The van der Waals surface area contributed by atoms with Crippen LogP contribution >= 0.6 is 11.5 Å². The number of nitrogens with zero attached hydrogens (tertiary/aromatic N) is 1. The lowest BCUT2D eigenvalue weighted by atomic mass is 10.1. The van der Waals surface area contributed by atoms with E-state index in [1.807, 2.05) is 18.2 Å². The highest BCUT2D eigenvalue weighted by Crippen LogP contribution is 2.09. The van der Waals surface area contributed by atoms with Gasteiger partial charge in [-0.2, -0.15) is 0 Å². The molecule has 1 nitrogen and oxygen atoms in total. The molecule has 2 aromatic rings. The van der Waals surface area contributed by atoms with E-state index in [-0.39, 0.29) is 0 Å². The lowest BCUT2D eigenvalue weighted by molar-refractivity contribution is 1.20. The van der Waals surface area contributed by atoms with Gasteiger partial charge in [-0.1, -0.05) is 30.3 Å². The molecule has 0 amide bonds. The van der Waals surface area contributed by atoms with Crippen molar-refractivity contribution in [2.45, 2.75) is 6.42 Å². The standard InChI is InChI=1S/C10H9NS/c1-2-4-9(5-3-1)6-10-7-11-12-8-10/h1-5,7-8H,6H2/i8D. The fraction of sp³-hybridized carbons (Fsp3) is 0.100. The van der Waals surface area contributed by atoms with E-state index < -0.39 is 0 Å². The first kappa shape index (κ1) is 6.38. The highest BCUT2D eigenvalue weighted by Gasteiger charge is 1.94. The summed E-state index contributed by atoms with van der Waals surface area (Å²) in [5.41, 5.74) is 2.24. The van der Waals surface area contributed by atoms with Crippen LogP contribution in [0.5, 0.6) is 0 Å². The fourth-order valence-corrected chi connectivity index (χ4v) is 1.57. The maximum atomic E-state index is 7.56. The summed E-state index contributed by atoms with van der Waals surface area (Å²) in [6, 6.07) is 10.2. The van der Waals surface area contributed by atoms with E-state index in [1.165, 1.54) is 17.1 Å². The molecule has 0 aliphatic carbocycles. The minimum Gasteiger partial charge on any atom is -0.201 e. The zero-order valence-corrected chi connectivity index (χ0v) is 7.34. The average molecular weight is 176 g/mol. The van der Waals surface area contributed by atoms with Gasteiger partial charge in [0.05, 0.1) is 1.37 Å². The molecule has 0 spiro atoms. The Kier molecular flexibility index (Phi) is 1.86. The molecule has 0 bridgehead atoms. The number of aromatic nitrogens is 1. The molecule has 2 rings (SSSR count). The topological polar surface area (TPSA) is 12.9 Å². The van der Waals surface area contributed by atoms with Crippen molar-refractivity contribution in [1.29, 1.82) is 0 Å². The molecular formula is C10H9NS. The quantitative estimate of drug-likeness (QED) is 0.685. The molecule has 1 aromatic carbocycles. The van der Waals surface area contributed by atoms with Crippen LogP contribution in [0.2, 0.25) is 0 Å². The number of benzene rings is 1. The van der Waals surface area contributed by atoms with E-state index in [0.717, 1.165) is 12.0 Å². The van der Waals surface area contributed by atoms with Crippen LogP contribution in [0.1, 0.15) is 12.5 Å². The van der Waals surface area contributed by atoms with Gasteiger partial charge in [0.25, 0.3) is 0 Å². The average Bonchev–Trinajstić information content (AvgIpc) is 2.54. The van der Waals surface area contributed by atoms with Crippen molar-refractivity contribution in [3.8, 4) is 0 Å². The molecule has 0 atom stereocenters. The predicted molar refractivity (Wildman–Crippen MR) is 51.4 cm³/mol. The van der Waals surface area contributed by atoms with Gasteiger partial charge in [0.15, 0.2) is 0 Å².